The van der Waals surface area contributed by atoms with Gasteiger partial charge in [-0.2, -0.15) is 0 Å². The average molecular weight is 244 g/mol. The molecule has 2 nitrogen and oxygen atoms in total. The van der Waals surface area contributed by atoms with E-state index in [-0.39, 0.29) is 0 Å². The van der Waals surface area contributed by atoms with Crippen molar-refractivity contribution in [3.05, 3.63) is 29.8 Å². The quantitative estimate of drug-likeness (QED) is 0.858. The van der Waals surface area contributed by atoms with Crippen molar-refractivity contribution in [2.24, 2.45) is 5.92 Å². The molecule has 0 aromatic heterocycles. The molecule has 3 atom stereocenters. The van der Waals surface area contributed by atoms with Gasteiger partial charge in [0.1, 0.15) is 0 Å². The fourth-order valence-electron chi connectivity index (χ4n) is 3.44. The lowest BCUT2D eigenvalue weighted by molar-refractivity contribution is 0.119. The van der Waals surface area contributed by atoms with E-state index in [4.69, 9.17) is 0 Å². The number of para-hydroxylation sites is 1. The first-order chi connectivity index (χ1) is 8.74. The van der Waals surface area contributed by atoms with Crippen LogP contribution in [0.25, 0.3) is 0 Å². The van der Waals surface area contributed by atoms with E-state index in [1.54, 1.807) is 0 Å². The normalized spacial score (nSPS) is 32.0. The Hall–Kier alpha value is -1.02. The molecule has 0 bridgehead atoms. The smallest absolute Gasteiger partial charge is 0.0376 e. The van der Waals surface area contributed by atoms with Crippen LogP contribution in [-0.2, 0) is 0 Å². The molecule has 3 unspecified atom stereocenters. The Labute approximate surface area is 110 Å². The zero-order chi connectivity index (χ0) is 12.5. The molecule has 3 rings (SSSR count). The van der Waals surface area contributed by atoms with Crippen LogP contribution in [0.4, 0.5) is 5.69 Å². The summed E-state index contributed by atoms with van der Waals surface area (Å²) < 4.78 is 0. The molecule has 0 spiro atoms. The van der Waals surface area contributed by atoms with Crippen LogP contribution in [-0.4, -0.2) is 30.6 Å². The zero-order valence-electron chi connectivity index (χ0n) is 11.5. The second-order valence-electron chi connectivity index (χ2n) is 6.15. The van der Waals surface area contributed by atoms with Crippen LogP contribution >= 0.6 is 0 Å². The molecule has 18 heavy (non-hydrogen) atoms. The number of hydrogen-bond donors (Lipinski definition) is 1. The molecule has 1 N–H and O–H groups in total. The highest BCUT2D eigenvalue weighted by Crippen LogP contribution is 2.33. The molecule has 1 aromatic rings. The molecule has 1 saturated heterocycles. The maximum atomic E-state index is 3.54. The third-order valence-electron chi connectivity index (χ3n) is 4.64. The topological polar surface area (TPSA) is 15.3 Å². The Balaban J connectivity index is 1.70. The van der Waals surface area contributed by atoms with Crippen LogP contribution in [0.1, 0.15) is 38.2 Å². The van der Waals surface area contributed by atoms with Crippen molar-refractivity contribution in [3.8, 4) is 0 Å². The van der Waals surface area contributed by atoms with Gasteiger partial charge in [-0.25, -0.2) is 0 Å². The summed E-state index contributed by atoms with van der Waals surface area (Å²) in [4.78, 5) is 2.70. The first-order valence-corrected chi connectivity index (χ1v) is 7.31. The van der Waals surface area contributed by atoms with Crippen molar-refractivity contribution in [1.82, 2.24) is 4.90 Å². The van der Waals surface area contributed by atoms with E-state index in [9.17, 15) is 0 Å². The fraction of sp³-hybridized carbons (Fsp3) is 0.625. The van der Waals surface area contributed by atoms with Gasteiger partial charge in [-0.15, -0.1) is 0 Å². The van der Waals surface area contributed by atoms with E-state index >= 15 is 0 Å². The van der Waals surface area contributed by atoms with Crippen molar-refractivity contribution in [2.45, 2.75) is 38.6 Å². The number of anilines is 1. The van der Waals surface area contributed by atoms with E-state index in [2.05, 4.69) is 48.3 Å². The summed E-state index contributed by atoms with van der Waals surface area (Å²) >= 11 is 0. The van der Waals surface area contributed by atoms with Gasteiger partial charge in [0.05, 0.1) is 0 Å². The van der Waals surface area contributed by atoms with Crippen LogP contribution in [0, 0.1) is 5.92 Å². The van der Waals surface area contributed by atoms with Crippen molar-refractivity contribution < 1.29 is 0 Å². The molecule has 2 heterocycles. The molecular weight excluding hydrogens is 220 g/mol. The van der Waals surface area contributed by atoms with Crippen molar-refractivity contribution in [2.75, 3.05) is 25.0 Å². The number of hydrogen-bond acceptors (Lipinski definition) is 2. The van der Waals surface area contributed by atoms with Crippen molar-refractivity contribution >= 4 is 5.69 Å². The van der Waals surface area contributed by atoms with E-state index < -0.39 is 0 Å². The molecule has 0 radical (unpaired) electrons. The predicted octanol–water partition coefficient (Wildman–Crippen LogP) is 3.32. The van der Waals surface area contributed by atoms with Gasteiger partial charge in [0, 0.05) is 37.3 Å². The SMILES string of the molecule is CC1CCC(C)N(CC2CNc3ccccc32)C1. The first kappa shape index (κ1) is 12.0. The Morgan fingerprint density at radius 3 is 2.94 bits per heavy atom. The van der Waals surface area contributed by atoms with Crippen molar-refractivity contribution in [3.63, 3.8) is 0 Å². The minimum absolute atomic E-state index is 0.675. The van der Waals surface area contributed by atoms with E-state index in [1.165, 1.54) is 37.2 Å². The Morgan fingerprint density at radius 2 is 2.06 bits per heavy atom. The molecular formula is C16H24N2. The predicted molar refractivity (Wildman–Crippen MR) is 77.1 cm³/mol. The molecule has 2 heteroatoms. The minimum atomic E-state index is 0.675. The fourth-order valence-corrected chi connectivity index (χ4v) is 3.44. The Kier molecular flexibility index (Phi) is 3.29. The molecule has 0 amide bonds. The number of nitrogens with one attached hydrogen (secondary N) is 1. The highest BCUT2D eigenvalue weighted by molar-refractivity contribution is 5.57. The van der Waals surface area contributed by atoms with Crippen LogP contribution < -0.4 is 5.32 Å². The third-order valence-corrected chi connectivity index (χ3v) is 4.64. The van der Waals surface area contributed by atoms with Gasteiger partial charge in [0.25, 0.3) is 0 Å². The molecule has 0 aliphatic carbocycles. The highest BCUT2D eigenvalue weighted by atomic mass is 15.2. The molecule has 0 saturated carbocycles. The van der Waals surface area contributed by atoms with Gasteiger partial charge in [0.15, 0.2) is 0 Å². The summed E-state index contributed by atoms with van der Waals surface area (Å²) in [6.45, 7) is 8.38. The highest BCUT2D eigenvalue weighted by Gasteiger charge is 2.28. The first-order valence-electron chi connectivity index (χ1n) is 7.31. The number of nitrogens with zero attached hydrogens (tertiary/aromatic N) is 1. The summed E-state index contributed by atoms with van der Waals surface area (Å²) in [5, 5.41) is 3.54. The molecule has 1 fully saturated rings. The average Bonchev–Trinajstić information content (AvgIpc) is 2.78. The van der Waals surface area contributed by atoms with E-state index in [0.29, 0.717) is 5.92 Å². The lowest BCUT2D eigenvalue weighted by Crippen LogP contribution is -2.43. The molecule has 1 aromatic carbocycles. The van der Waals surface area contributed by atoms with Crippen LogP contribution in [0.5, 0.6) is 0 Å². The van der Waals surface area contributed by atoms with Gasteiger partial charge < -0.3 is 5.32 Å². The number of likely N-dealkylation sites (tertiary alicyclic amines) is 1. The van der Waals surface area contributed by atoms with Gasteiger partial charge in [-0.1, -0.05) is 25.1 Å². The second-order valence-corrected chi connectivity index (χ2v) is 6.15. The molecule has 98 valence electrons. The summed E-state index contributed by atoms with van der Waals surface area (Å²) in [5.74, 6) is 1.54. The largest absolute Gasteiger partial charge is 0.384 e. The summed E-state index contributed by atoms with van der Waals surface area (Å²) in [6, 6.07) is 9.55. The second kappa shape index (κ2) is 4.93. The van der Waals surface area contributed by atoms with Gasteiger partial charge in [-0.3, -0.25) is 4.90 Å². The zero-order valence-corrected chi connectivity index (χ0v) is 11.5. The maximum absolute atomic E-state index is 3.54. The molecule has 2 aliphatic heterocycles. The summed E-state index contributed by atoms with van der Waals surface area (Å²) in [7, 11) is 0. The number of benzene rings is 1. The number of fused-ring (bicyclic) bond motifs is 1. The Morgan fingerprint density at radius 1 is 1.22 bits per heavy atom. The van der Waals surface area contributed by atoms with E-state index in [1.807, 2.05) is 0 Å². The monoisotopic (exact) mass is 244 g/mol. The van der Waals surface area contributed by atoms with Gasteiger partial charge >= 0.3 is 0 Å². The van der Waals surface area contributed by atoms with E-state index in [0.717, 1.165) is 18.5 Å². The lowest BCUT2D eigenvalue weighted by atomic mass is 9.92. The van der Waals surface area contributed by atoms with Gasteiger partial charge in [0.2, 0.25) is 0 Å². The van der Waals surface area contributed by atoms with Crippen molar-refractivity contribution in [1.29, 1.82) is 0 Å². The minimum Gasteiger partial charge on any atom is -0.384 e. The van der Waals surface area contributed by atoms with Gasteiger partial charge in [-0.05, 0) is 37.3 Å². The Bertz CT molecular complexity index is 415. The number of rotatable bonds is 2. The standard InChI is InChI=1S/C16H24N2/c1-12-7-8-13(2)18(10-12)11-14-9-17-16-6-4-3-5-15(14)16/h3-6,12-14,17H,7-11H2,1-2H3. The summed E-state index contributed by atoms with van der Waals surface area (Å²) in [5.41, 5.74) is 2.86. The van der Waals surface area contributed by atoms with Crippen LogP contribution in [0.2, 0.25) is 0 Å². The maximum Gasteiger partial charge on any atom is 0.0376 e. The van der Waals surface area contributed by atoms with Crippen LogP contribution in [0.15, 0.2) is 24.3 Å². The lowest BCUT2D eigenvalue weighted by Gasteiger charge is -2.38. The molecule has 2 aliphatic rings. The number of piperidine rings is 1. The summed E-state index contributed by atoms with van der Waals surface area (Å²) in [6.07, 6.45) is 2.76. The third kappa shape index (κ3) is 2.26. The van der Waals surface area contributed by atoms with Crippen LogP contribution in [0.3, 0.4) is 0 Å².